The largest absolute Gasteiger partial charge is 0.495 e. The van der Waals surface area contributed by atoms with Crippen LogP contribution in [0.2, 0.25) is 0 Å². The minimum atomic E-state index is 0.0288. The molecule has 1 aliphatic heterocycles. The molecule has 0 saturated carbocycles. The smallest absolute Gasteiger partial charge is 0.230 e. The van der Waals surface area contributed by atoms with Gasteiger partial charge in [0.25, 0.3) is 0 Å². The molecule has 1 amide bonds. The van der Waals surface area contributed by atoms with E-state index in [0.29, 0.717) is 5.75 Å². The number of hydrogen-bond donors (Lipinski definition) is 1. The van der Waals surface area contributed by atoms with Crippen LogP contribution in [-0.2, 0) is 11.2 Å². The molecule has 1 aliphatic rings. The van der Waals surface area contributed by atoms with Crippen molar-refractivity contribution in [1.82, 2.24) is 15.3 Å². The van der Waals surface area contributed by atoms with Gasteiger partial charge >= 0.3 is 0 Å². The highest BCUT2D eigenvalue weighted by Crippen LogP contribution is 2.29. The van der Waals surface area contributed by atoms with Gasteiger partial charge in [-0.2, -0.15) is 0 Å². The van der Waals surface area contributed by atoms with Gasteiger partial charge in [-0.05, 0) is 37.5 Å². The van der Waals surface area contributed by atoms with Crippen LogP contribution in [0.4, 0.5) is 11.5 Å². The molecule has 1 N–H and O–H groups in total. The lowest BCUT2D eigenvalue weighted by molar-refractivity contribution is -0.119. The number of rotatable bonds is 10. The first-order valence-electron chi connectivity index (χ1n) is 12.0. The summed E-state index contributed by atoms with van der Waals surface area (Å²) in [7, 11) is 1.71. The van der Waals surface area contributed by atoms with Gasteiger partial charge in [0.05, 0.1) is 18.6 Å². The second-order valence-corrected chi connectivity index (χ2v) is 9.64. The number of methoxy groups -OCH3 is 1. The second kappa shape index (κ2) is 12.4. The van der Waals surface area contributed by atoms with E-state index in [0.717, 1.165) is 61.3 Å². The maximum Gasteiger partial charge on any atom is 0.230 e. The van der Waals surface area contributed by atoms with Crippen LogP contribution >= 0.6 is 11.8 Å². The van der Waals surface area contributed by atoms with Crippen molar-refractivity contribution in [3.63, 3.8) is 0 Å². The Labute approximate surface area is 211 Å². The molecular weight excluding hydrogens is 458 g/mol. The fourth-order valence-corrected chi connectivity index (χ4v) is 4.88. The van der Waals surface area contributed by atoms with Crippen molar-refractivity contribution in [2.45, 2.75) is 30.8 Å². The van der Waals surface area contributed by atoms with Gasteiger partial charge in [0.15, 0.2) is 0 Å². The summed E-state index contributed by atoms with van der Waals surface area (Å²) >= 11 is 1.45. The minimum absolute atomic E-state index is 0.0288. The number of anilines is 2. The first-order valence-corrected chi connectivity index (χ1v) is 13.0. The zero-order valence-corrected chi connectivity index (χ0v) is 21.2. The predicted molar refractivity (Wildman–Crippen MR) is 143 cm³/mol. The Balaban J connectivity index is 1.23. The van der Waals surface area contributed by atoms with E-state index < -0.39 is 0 Å². The first kappa shape index (κ1) is 24.9. The van der Waals surface area contributed by atoms with E-state index in [1.807, 2.05) is 42.5 Å². The van der Waals surface area contributed by atoms with Gasteiger partial charge in [0, 0.05) is 38.3 Å². The molecule has 8 heteroatoms. The Hall–Kier alpha value is -3.26. The molecule has 4 rings (SSSR count). The molecular formula is C27H33N5O2S. The third-order valence-corrected chi connectivity index (χ3v) is 7.05. The topological polar surface area (TPSA) is 70.6 Å². The Morgan fingerprint density at radius 1 is 1.03 bits per heavy atom. The van der Waals surface area contributed by atoms with Crippen LogP contribution in [0.5, 0.6) is 5.75 Å². The zero-order chi connectivity index (χ0) is 24.5. The fraction of sp³-hybridized carbons (Fsp3) is 0.370. The number of piperazine rings is 1. The number of aryl methyl sites for hydroxylation is 1. The van der Waals surface area contributed by atoms with Crippen LogP contribution in [0, 0.1) is 0 Å². The van der Waals surface area contributed by atoms with Crippen LogP contribution in [0.25, 0.3) is 0 Å². The lowest BCUT2D eigenvalue weighted by Gasteiger charge is -2.37. The Kier molecular flexibility index (Phi) is 8.84. The summed E-state index contributed by atoms with van der Waals surface area (Å²) in [5, 5.41) is 3.91. The van der Waals surface area contributed by atoms with Crippen molar-refractivity contribution >= 4 is 29.2 Å². The van der Waals surface area contributed by atoms with Gasteiger partial charge in [-0.3, -0.25) is 4.79 Å². The molecule has 1 aromatic heterocycles. The summed E-state index contributed by atoms with van der Waals surface area (Å²) in [5.74, 6) is 2.17. The molecule has 1 atom stereocenters. The Morgan fingerprint density at radius 2 is 1.74 bits per heavy atom. The molecule has 35 heavy (non-hydrogen) atoms. The summed E-state index contributed by atoms with van der Waals surface area (Å²) in [6.07, 6.45) is 3.46. The number of carbonyl (C=O) groups is 1. The first-order chi connectivity index (χ1) is 17.1. The summed E-state index contributed by atoms with van der Waals surface area (Å²) < 4.78 is 5.52. The number of nitrogens with zero attached hydrogens (tertiary/aromatic N) is 4. The second-order valence-electron chi connectivity index (χ2n) is 8.64. The minimum Gasteiger partial charge on any atom is -0.495 e. The van der Waals surface area contributed by atoms with Crippen LogP contribution in [-0.4, -0.2) is 61.0 Å². The number of carbonyl (C=O) groups excluding carboxylic acids is 1. The molecule has 0 bridgehead atoms. The lowest BCUT2D eigenvalue weighted by Crippen LogP contribution is -2.47. The molecule has 0 unspecified atom stereocenters. The van der Waals surface area contributed by atoms with Gasteiger partial charge in [0.2, 0.25) is 5.91 Å². The van der Waals surface area contributed by atoms with Crippen molar-refractivity contribution in [1.29, 1.82) is 0 Å². The maximum atomic E-state index is 12.4. The van der Waals surface area contributed by atoms with E-state index in [2.05, 4.69) is 50.2 Å². The molecule has 1 saturated heterocycles. The molecule has 0 radical (unpaired) electrons. The molecule has 0 spiro atoms. The van der Waals surface area contributed by atoms with E-state index in [-0.39, 0.29) is 11.9 Å². The summed E-state index contributed by atoms with van der Waals surface area (Å²) in [4.78, 5) is 25.9. The zero-order valence-electron chi connectivity index (χ0n) is 20.4. The van der Waals surface area contributed by atoms with Gasteiger partial charge < -0.3 is 19.9 Å². The number of nitrogens with one attached hydrogen (secondary N) is 1. The number of ether oxygens (including phenoxy) is 1. The number of amides is 1. The van der Waals surface area contributed by atoms with Crippen molar-refractivity contribution in [3.8, 4) is 5.75 Å². The molecule has 3 aromatic rings. The standard InChI is InChI=1S/C27H33N5O2S/c1-21(12-13-22-8-4-3-5-9-22)30-26(33)19-35-27-18-25(28-20-29-27)32-16-14-31(15-17-32)23-10-6-7-11-24(23)34-2/h3-11,18,20-21H,12-17,19H2,1-2H3,(H,30,33)/t21-/m1/s1. The fourth-order valence-electron chi connectivity index (χ4n) is 4.21. The Morgan fingerprint density at radius 3 is 2.51 bits per heavy atom. The molecule has 1 fully saturated rings. The monoisotopic (exact) mass is 491 g/mol. The maximum absolute atomic E-state index is 12.4. The number of para-hydroxylation sites is 2. The number of aromatic nitrogens is 2. The quantitative estimate of drug-likeness (QED) is 0.339. The average molecular weight is 492 g/mol. The lowest BCUT2D eigenvalue weighted by atomic mass is 10.1. The van der Waals surface area contributed by atoms with Gasteiger partial charge in [-0.1, -0.05) is 54.2 Å². The van der Waals surface area contributed by atoms with Crippen LogP contribution in [0.15, 0.2) is 72.0 Å². The highest BCUT2D eigenvalue weighted by atomic mass is 32.2. The summed E-state index contributed by atoms with van der Waals surface area (Å²) in [6, 6.07) is 20.6. The van der Waals surface area contributed by atoms with Gasteiger partial charge in [-0.25, -0.2) is 9.97 Å². The number of benzene rings is 2. The van der Waals surface area contributed by atoms with Crippen molar-refractivity contribution in [2.75, 3.05) is 48.8 Å². The van der Waals surface area contributed by atoms with Crippen LogP contribution in [0.3, 0.4) is 0 Å². The summed E-state index contributed by atoms with van der Waals surface area (Å²) in [6.45, 7) is 5.54. The number of thioether (sulfide) groups is 1. The van der Waals surface area contributed by atoms with Crippen molar-refractivity contribution in [2.24, 2.45) is 0 Å². The Bertz CT molecular complexity index is 1090. The molecule has 0 aliphatic carbocycles. The number of hydrogen-bond acceptors (Lipinski definition) is 7. The molecule has 2 heterocycles. The predicted octanol–water partition coefficient (Wildman–Crippen LogP) is 4.04. The highest BCUT2D eigenvalue weighted by Gasteiger charge is 2.21. The van der Waals surface area contributed by atoms with Gasteiger partial charge in [-0.15, -0.1) is 0 Å². The third kappa shape index (κ3) is 7.11. The van der Waals surface area contributed by atoms with Crippen molar-refractivity contribution < 1.29 is 9.53 Å². The SMILES string of the molecule is COc1ccccc1N1CCN(c2cc(SCC(=O)N[C@H](C)CCc3ccccc3)ncn2)CC1. The van der Waals surface area contributed by atoms with E-state index in [1.54, 1.807) is 13.4 Å². The average Bonchev–Trinajstić information content (AvgIpc) is 2.91. The normalized spacial score (nSPS) is 14.5. The molecule has 7 nitrogen and oxygen atoms in total. The highest BCUT2D eigenvalue weighted by molar-refractivity contribution is 7.99. The van der Waals surface area contributed by atoms with Gasteiger partial charge in [0.1, 0.15) is 22.9 Å². The van der Waals surface area contributed by atoms with E-state index >= 15 is 0 Å². The van der Waals surface area contributed by atoms with E-state index in [1.165, 1.54) is 17.3 Å². The molecule has 2 aromatic carbocycles. The van der Waals surface area contributed by atoms with Crippen LogP contribution in [0.1, 0.15) is 18.9 Å². The molecule has 184 valence electrons. The third-order valence-electron chi connectivity index (χ3n) is 6.12. The van der Waals surface area contributed by atoms with E-state index in [4.69, 9.17) is 4.74 Å². The van der Waals surface area contributed by atoms with Crippen molar-refractivity contribution in [3.05, 3.63) is 72.6 Å². The van der Waals surface area contributed by atoms with Crippen LogP contribution < -0.4 is 19.9 Å². The van der Waals surface area contributed by atoms with E-state index in [9.17, 15) is 4.79 Å². The summed E-state index contributed by atoms with van der Waals surface area (Å²) in [5.41, 5.74) is 2.41.